The van der Waals surface area contributed by atoms with Gasteiger partial charge in [-0.05, 0) is 25.4 Å². The molecule has 0 spiro atoms. The van der Waals surface area contributed by atoms with E-state index < -0.39 is 0 Å². The van der Waals surface area contributed by atoms with Gasteiger partial charge >= 0.3 is 0 Å². The van der Waals surface area contributed by atoms with Crippen LogP contribution in [0.2, 0.25) is 0 Å². The van der Waals surface area contributed by atoms with Crippen LogP contribution in [0.1, 0.15) is 36.7 Å². The maximum Gasteiger partial charge on any atom is 0.291 e. The Kier molecular flexibility index (Phi) is 5.31. The lowest BCUT2D eigenvalue weighted by Gasteiger charge is -2.11. The number of aromatic nitrogens is 3. The number of carbonyl (C=O) groups is 1. The number of H-pyrrole nitrogens is 1. The number of amides is 1. The lowest BCUT2D eigenvalue weighted by Crippen LogP contribution is -2.33. The Hall–Kier alpha value is -1.04. The normalized spacial score (nSPS) is 12.4. The summed E-state index contributed by atoms with van der Waals surface area (Å²) >= 11 is 1.77. The Labute approximate surface area is 99.8 Å². The van der Waals surface area contributed by atoms with E-state index in [0.29, 0.717) is 0 Å². The number of nitrogens with one attached hydrogen (secondary N) is 2. The molecule has 0 fully saturated rings. The summed E-state index contributed by atoms with van der Waals surface area (Å²) in [7, 11) is 0. The summed E-state index contributed by atoms with van der Waals surface area (Å²) in [6, 6.07) is 0.156. The van der Waals surface area contributed by atoms with E-state index in [9.17, 15) is 4.79 Å². The van der Waals surface area contributed by atoms with Crippen molar-refractivity contribution in [3.8, 4) is 0 Å². The van der Waals surface area contributed by atoms with Crippen LogP contribution >= 0.6 is 11.8 Å². The van der Waals surface area contributed by atoms with Crippen molar-refractivity contribution >= 4 is 17.7 Å². The number of thioether (sulfide) groups is 1. The Morgan fingerprint density at radius 2 is 2.38 bits per heavy atom. The van der Waals surface area contributed by atoms with Crippen molar-refractivity contribution in [3.63, 3.8) is 0 Å². The molecule has 1 aromatic rings. The van der Waals surface area contributed by atoms with Gasteiger partial charge in [0.25, 0.3) is 5.91 Å². The predicted octanol–water partition coefficient (Wildman–Crippen LogP) is 1.24. The molecule has 1 aromatic heterocycles. The van der Waals surface area contributed by atoms with Crippen LogP contribution in [0, 0.1) is 0 Å². The van der Waals surface area contributed by atoms with E-state index in [2.05, 4.69) is 26.8 Å². The topological polar surface area (TPSA) is 70.7 Å². The molecule has 0 aliphatic rings. The van der Waals surface area contributed by atoms with Gasteiger partial charge in [-0.1, -0.05) is 6.92 Å². The zero-order valence-corrected chi connectivity index (χ0v) is 10.7. The maximum absolute atomic E-state index is 11.7. The summed E-state index contributed by atoms with van der Waals surface area (Å²) in [6.07, 6.45) is 3.76. The molecule has 0 aromatic carbocycles. The molecule has 16 heavy (non-hydrogen) atoms. The van der Waals surface area contributed by atoms with E-state index in [1.165, 1.54) is 0 Å². The van der Waals surface area contributed by atoms with Gasteiger partial charge in [0.05, 0.1) is 0 Å². The zero-order valence-electron chi connectivity index (χ0n) is 9.91. The fourth-order valence-corrected chi connectivity index (χ4v) is 1.80. The standard InChI is InChI=1S/C10H18N4OS/c1-4-8-12-9(14-13-8)10(15)11-7(2)5-6-16-3/h7H,4-6H2,1-3H3,(H,11,15)(H,12,13,14). The lowest BCUT2D eigenvalue weighted by atomic mass is 10.2. The Bertz CT molecular complexity index is 339. The van der Waals surface area contributed by atoms with Crippen LogP contribution < -0.4 is 5.32 Å². The molecule has 2 N–H and O–H groups in total. The number of hydrogen-bond acceptors (Lipinski definition) is 4. The molecule has 0 radical (unpaired) electrons. The minimum atomic E-state index is -0.204. The zero-order chi connectivity index (χ0) is 12.0. The van der Waals surface area contributed by atoms with Crippen molar-refractivity contribution in [1.29, 1.82) is 0 Å². The highest BCUT2D eigenvalue weighted by Crippen LogP contribution is 2.01. The van der Waals surface area contributed by atoms with Gasteiger partial charge in [0.15, 0.2) is 0 Å². The summed E-state index contributed by atoms with van der Waals surface area (Å²) in [6.45, 7) is 3.95. The fraction of sp³-hybridized carbons (Fsp3) is 0.700. The Morgan fingerprint density at radius 3 is 2.94 bits per heavy atom. The van der Waals surface area contributed by atoms with Gasteiger partial charge < -0.3 is 5.32 Å². The van der Waals surface area contributed by atoms with Crippen molar-refractivity contribution in [2.24, 2.45) is 0 Å². The van der Waals surface area contributed by atoms with E-state index >= 15 is 0 Å². The number of aromatic amines is 1. The van der Waals surface area contributed by atoms with E-state index in [-0.39, 0.29) is 17.8 Å². The largest absolute Gasteiger partial charge is 0.347 e. The predicted molar refractivity (Wildman–Crippen MR) is 65.7 cm³/mol. The lowest BCUT2D eigenvalue weighted by molar-refractivity contribution is 0.0929. The molecular weight excluding hydrogens is 224 g/mol. The van der Waals surface area contributed by atoms with Gasteiger partial charge in [0.2, 0.25) is 5.82 Å². The van der Waals surface area contributed by atoms with Crippen molar-refractivity contribution in [1.82, 2.24) is 20.5 Å². The molecule has 5 nitrogen and oxygen atoms in total. The molecule has 0 aliphatic carbocycles. The summed E-state index contributed by atoms with van der Waals surface area (Å²) in [4.78, 5) is 15.8. The van der Waals surface area contributed by atoms with E-state index in [1.807, 2.05) is 13.8 Å². The van der Waals surface area contributed by atoms with Crippen LogP contribution in [0.5, 0.6) is 0 Å². The first-order chi connectivity index (χ1) is 7.67. The summed E-state index contributed by atoms with van der Waals surface area (Å²) < 4.78 is 0. The van der Waals surface area contributed by atoms with Crippen molar-refractivity contribution in [2.45, 2.75) is 32.7 Å². The van der Waals surface area contributed by atoms with Crippen LogP contribution in [0.3, 0.4) is 0 Å². The molecule has 90 valence electrons. The highest BCUT2D eigenvalue weighted by Gasteiger charge is 2.13. The van der Waals surface area contributed by atoms with Gasteiger partial charge in [0, 0.05) is 12.5 Å². The maximum atomic E-state index is 11.7. The van der Waals surface area contributed by atoms with Crippen molar-refractivity contribution in [3.05, 3.63) is 11.6 Å². The van der Waals surface area contributed by atoms with Gasteiger partial charge in [-0.25, -0.2) is 4.98 Å². The Balaban J connectivity index is 2.45. The molecular formula is C10H18N4OS. The van der Waals surface area contributed by atoms with E-state index in [0.717, 1.165) is 24.4 Å². The highest BCUT2D eigenvalue weighted by atomic mass is 32.2. The molecule has 0 aliphatic heterocycles. The van der Waals surface area contributed by atoms with Crippen molar-refractivity contribution in [2.75, 3.05) is 12.0 Å². The second-order valence-corrected chi connectivity index (χ2v) is 4.60. The quantitative estimate of drug-likeness (QED) is 0.787. The second-order valence-electron chi connectivity index (χ2n) is 3.62. The third kappa shape index (κ3) is 3.84. The monoisotopic (exact) mass is 242 g/mol. The van der Waals surface area contributed by atoms with Gasteiger partial charge in [0.1, 0.15) is 5.82 Å². The van der Waals surface area contributed by atoms with Crippen LogP contribution in [-0.2, 0) is 6.42 Å². The first-order valence-corrected chi connectivity index (χ1v) is 6.77. The van der Waals surface area contributed by atoms with E-state index in [4.69, 9.17) is 0 Å². The summed E-state index contributed by atoms with van der Waals surface area (Å²) in [5, 5.41) is 9.46. The smallest absolute Gasteiger partial charge is 0.291 e. The first kappa shape index (κ1) is 13.0. The minimum absolute atomic E-state index is 0.156. The molecule has 6 heteroatoms. The fourth-order valence-electron chi connectivity index (χ4n) is 1.21. The number of nitrogens with zero attached hydrogens (tertiary/aromatic N) is 2. The van der Waals surface area contributed by atoms with Gasteiger partial charge in [-0.15, -0.1) is 5.10 Å². The summed E-state index contributed by atoms with van der Waals surface area (Å²) in [5.74, 6) is 1.80. The third-order valence-corrected chi connectivity index (χ3v) is 2.85. The third-order valence-electron chi connectivity index (χ3n) is 2.20. The van der Waals surface area contributed by atoms with Crippen LogP contribution in [-0.4, -0.2) is 39.1 Å². The molecule has 1 amide bonds. The van der Waals surface area contributed by atoms with E-state index in [1.54, 1.807) is 11.8 Å². The van der Waals surface area contributed by atoms with Crippen LogP contribution in [0.15, 0.2) is 0 Å². The Morgan fingerprint density at radius 1 is 1.62 bits per heavy atom. The number of carbonyl (C=O) groups excluding carboxylic acids is 1. The van der Waals surface area contributed by atoms with Crippen molar-refractivity contribution < 1.29 is 4.79 Å². The number of aryl methyl sites for hydroxylation is 1. The van der Waals surface area contributed by atoms with Gasteiger partial charge in [-0.3, -0.25) is 9.89 Å². The molecule has 1 unspecified atom stereocenters. The molecule has 0 bridgehead atoms. The second kappa shape index (κ2) is 6.52. The molecule has 0 saturated heterocycles. The first-order valence-electron chi connectivity index (χ1n) is 5.38. The summed E-state index contributed by atoms with van der Waals surface area (Å²) in [5.41, 5.74) is 0. The molecule has 0 saturated carbocycles. The highest BCUT2D eigenvalue weighted by molar-refractivity contribution is 7.98. The van der Waals surface area contributed by atoms with Crippen LogP contribution in [0.25, 0.3) is 0 Å². The average molecular weight is 242 g/mol. The van der Waals surface area contributed by atoms with Crippen LogP contribution in [0.4, 0.5) is 0 Å². The molecule has 1 rings (SSSR count). The average Bonchev–Trinajstić information content (AvgIpc) is 2.74. The van der Waals surface area contributed by atoms with Gasteiger partial charge in [-0.2, -0.15) is 11.8 Å². The molecule has 1 atom stereocenters. The minimum Gasteiger partial charge on any atom is -0.347 e. The molecule has 1 heterocycles. The SMILES string of the molecule is CCc1nc(C(=O)NC(C)CCSC)n[nH]1. The number of hydrogen-bond donors (Lipinski definition) is 2. The number of rotatable bonds is 6.